The van der Waals surface area contributed by atoms with E-state index < -0.39 is 0 Å². The van der Waals surface area contributed by atoms with Gasteiger partial charge in [-0.3, -0.25) is 14.6 Å². The van der Waals surface area contributed by atoms with Gasteiger partial charge in [0.1, 0.15) is 5.75 Å². The molecule has 166 valence electrons. The van der Waals surface area contributed by atoms with Crippen molar-refractivity contribution in [3.05, 3.63) is 53.1 Å². The van der Waals surface area contributed by atoms with Crippen molar-refractivity contribution in [3.8, 4) is 17.2 Å². The number of piperazine rings is 1. The van der Waals surface area contributed by atoms with Crippen molar-refractivity contribution in [1.82, 2.24) is 14.7 Å². The minimum absolute atomic E-state index is 0.178. The molecule has 0 atom stereocenters. The zero-order valence-electron chi connectivity index (χ0n) is 18.6. The summed E-state index contributed by atoms with van der Waals surface area (Å²) in [5.74, 6) is 2.67. The van der Waals surface area contributed by atoms with Crippen LogP contribution in [0.4, 0.5) is 0 Å². The van der Waals surface area contributed by atoms with Gasteiger partial charge in [0.15, 0.2) is 11.5 Å². The van der Waals surface area contributed by atoms with Gasteiger partial charge in [0.25, 0.3) is 0 Å². The first-order valence-corrected chi connectivity index (χ1v) is 10.7. The zero-order valence-corrected chi connectivity index (χ0v) is 18.6. The summed E-state index contributed by atoms with van der Waals surface area (Å²) >= 11 is 0. The van der Waals surface area contributed by atoms with Crippen LogP contribution in [0.25, 0.3) is 0 Å². The normalized spacial score (nSPS) is 16.1. The van der Waals surface area contributed by atoms with E-state index in [0.717, 1.165) is 55.5 Å². The zero-order chi connectivity index (χ0) is 21.8. The van der Waals surface area contributed by atoms with Crippen molar-refractivity contribution in [2.24, 2.45) is 0 Å². The standard InChI is InChI=1S/C24H31N3O4/c1-18-4-6-21(29-3)20(12-18)15-25(2)16-24(28)27-10-8-26(9-11-27)14-19-5-7-22-23(13-19)31-17-30-22/h4-7,12-13H,8-11,14-17H2,1-3H3. The molecule has 2 heterocycles. The van der Waals surface area contributed by atoms with Crippen molar-refractivity contribution in [2.45, 2.75) is 20.0 Å². The number of carbonyl (C=O) groups excluding carboxylic acids is 1. The molecule has 0 N–H and O–H groups in total. The molecule has 1 fully saturated rings. The molecule has 31 heavy (non-hydrogen) atoms. The second-order valence-electron chi connectivity index (χ2n) is 8.33. The van der Waals surface area contributed by atoms with Crippen LogP contribution in [0, 0.1) is 6.92 Å². The number of hydrogen-bond donors (Lipinski definition) is 0. The van der Waals surface area contributed by atoms with Crippen LogP contribution in [0.5, 0.6) is 17.2 Å². The van der Waals surface area contributed by atoms with Crippen LogP contribution < -0.4 is 14.2 Å². The molecule has 2 aliphatic heterocycles. The lowest BCUT2D eigenvalue weighted by molar-refractivity contribution is -0.134. The highest BCUT2D eigenvalue weighted by Crippen LogP contribution is 2.32. The second-order valence-corrected chi connectivity index (χ2v) is 8.33. The summed E-state index contributed by atoms with van der Waals surface area (Å²) < 4.78 is 16.3. The first-order chi connectivity index (χ1) is 15.0. The van der Waals surface area contributed by atoms with Crippen LogP contribution in [-0.4, -0.2) is 74.3 Å². The molecule has 2 aliphatic rings. The number of amides is 1. The van der Waals surface area contributed by atoms with E-state index >= 15 is 0 Å². The molecule has 0 aliphatic carbocycles. The summed E-state index contributed by atoms with van der Waals surface area (Å²) in [5.41, 5.74) is 3.50. The van der Waals surface area contributed by atoms with E-state index in [9.17, 15) is 4.79 Å². The summed E-state index contributed by atoms with van der Waals surface area (Å²) in [7, 11) is 3.66. The third-order valence-electron chi connectivity index (χ3n) is 5.85. The van der Waals surface area contributed by atoms with Crippen LogP contribution in [0.15, 0.2) is 36.4 Å². The van der Waals surface area contributed by atoms with Gasteiger partial charge in [0.2, 0.25) is 12.7 Å². The Morgan fingerprint density at radius 2 is 1.84 bits per heavy atom. The molecule has 0 aromatic heterocycles. The van der Waals surface area contributed by atoms with E-state index in [2.05, 4.69) is 28.9 Å². The molecule has 0 saturated carbocycles. The quantitative estimate of drug-likeness (QED) is 0.680. The average molecular weight is 426 g/mol. The van der Waals surface area contributed by atoms with Gasteiger partial charge in [0.05, 0.1) is 13.7 Å². The molecule has 1 saturated heterocycles. The highest BCUT2D eigenvalue weighted by molar-refractivity contribution is 5.78. The molecule has 0 bridgehead atoms. The van der Waals surface area contributed by atoms with Gasteiger partial charge in [0, 0.05) is 44.8 Å². The summed E-state index contributed by atoms with van der Waals surface area (Å²) in [6, 6.07) is 12.2. The van der Waals surface area contributed by atoms with Crippen molar-refractivity contribution in [1.29, 1.82) is 0 Å². The molecule has 1 amide bonds. The molecule has 7 heteroatoms. The van der Waals surface area contributed by atoms with Crippen LogP contribution in [-0.2, 0) is 17.9 Å². The highest BCUT2D eigenvalue weighted by Gasteiger charge is 2.23. The van der Waals surface area contributed by atoms with Crippen LogP contribution in [0.2, 0.25) is 0 Å². The van der Waals surface area contributed by atoms with E-state index in [1.165, 1.54) is 11.1 Å². The SMILES string of the molecule is COc1ccc(C)cc1CN(C)CC(=O)N1CCN(Cc2ccc3c(c2)OCO3)CC1. The lowest BCUT2D eigenvalue weighted by atomic mass is 10.1. The molecule has 2 aromatic carbocycles. The lowest BCUT2D eigenvalue weighted by Crippen LogP contribution is -2.50. The minimum Gasteiger partial charge on any atom is -0.496 e. The molecule has 0 spiro atoms. The van der Waals surface area contributed by atoms with Crippen molar-refractivity contribution >= 4 is 5.91 Å². The minimum atomic E-state index is 0.178. The number of hydrogen-bond acceptors (Lipinski definition) is 6. The highest BCUT2D eigenvalue weighted by atomic mass is 16.7. The van der Waals surface area contributed by atoms with E-state index in [1.54, 1.807) is 7.11 Å². The molecular formula is C24H31N3O4. The third-order valence-corrected chi connectivity index (χ3v) is 5.85. The number of aryl methyl sites for hydroxylation is 1. The maximum Gasteiger partial charge on any atom is 0.236 e. The van der Waals surface area contributed by atoms with Gasteiger partial charge < -0.3 is 19.1 Å². The number of benzene rings is 2. The smallest absolute Gasteiger partial charge is 0.236 e. The lowest BCUT2D eigenvalue weighted by Gasteiger charge is -2.35. The Labute approximate surface area is 184 Å². The Hall–Kier alpha value is -2.77. The Morgan fingerprint density at radius 3 is 2.61 bits per heavy atom. The van der Waals surface area contributed by atoms with Gasteiger partial charge in [-0.05, 0) is 37.7 Å². The summed E-state index contributed by atoms with van der Waals surface area (Å²) in [5, 5.41) is 0. The van der Waals surface area contributed by atoms with Crippen LogP contribution >= 0.6 is 0 Å². The summed E-state index contributed by atoms with van der Waals surface area (Å²) in [4.78, 5) is 19.2. The molecule has 0 radical (unpaired) electrons. The van der Waals surface area contributed by atoms with E-state index in [4.69, 9.17) is 14.2 Å². The van der Waals surface area contributed by atoms with Crippen LogP contribution in [0.3, 0.4) is 0 Å². The molecule has 2 aromatic rings. The number of rotatable bonds is 7. The summed E-state index contributed by atoms with van der Waals surface area (Å²) in [6.07, 6.45) is 0. The predicted molar refractivity (Wildman–Crippen MR) is 118 cm³/mol. The number of carbonyl (C=O) groups is 1. The van der Waals surface area contributed by atoms with Gasteiger partial charge in [-0.2, -0.15) is 0 Å². The Bertz CT molecular complexity index is 925. The molecule has 0 unspecified atom stereocenters. The fraction of sp³-hybridized carbons (Fsp3) is 0.458. The molecule has 7 nitrogen and oxygen atoms in total. The van der Waals surface area contributed by atoms with Gasteiger partial charge in [-0.15, -0.1) is 0 Å². The first kappa shape index (κ1) is 21.5. The molecule has 4 rings (SSSR count). The number of ether oxygens (including phenoxy) is 3. The Balaban J connectivity index is 1.25. The van der Waals surface area contributed by atoms with Crippen molar-refractivity contribution in [3.63, 3.8) is 0 Å². The predicted octanol–water partition coefficient (Wildman–Crippen LogP) is 2.51. The molecular weight excluding hydrogens is 394 g/mol. The number of likely N-dealkylation sites (N-methyl/N-ethyl adjacent to an activating group) is 1. The topological polar surface area (TPSA) is 54.5 Å². The Morgan fingerprint density at radius 1 is 1.06 bits per heavy atom. The Kier molecular flexibility index (Phi) is 6.63. The maximum absolute atomic E-state index is 12.8. The van der Waals surface area contributed by atoms with Gasteiger partial charge in [-0.1, -0.05) is 23.8 Å². The second kappa shape index (κ2) is 9.58. The maximum atomic E-state index is 12.8. The number of methoxy groups -OCH3 is 1. The fourth-order valence-electron chi connectivity index (χ4n) is 4.16. The van der Waals surface area contributed by atoms with Gasteiger partial charge >= 0.3 is 0 Å². The van der Waals surface area contributed by atoms with E-state index in [0.29, 0.717) is 19.9 Å². The first-order valence-electron chi connectivity index (χ1n) is 10.7. The monoisotopic (exact) mass is 425 g/mol. The fourth-order valence-corrected chi connectivity index (χ4v) is 4.16. The van der Waals surface area contributed by atoms with Crippen molar-refractivity contribution in [2.75, 3.05) is 53.7 Å². The van der Waals surface area contributed by atoms with Crippen molar-refractivity contribution < 1.29 is 19.0 Å². The van der Waals surface area contributed by atoms with Crippen LogP contribution in [0.1, 0.15) is 16.7 Å². The number of nitrogens with zero attached hydrogens (tertiary/aromatic N) is 3. The van der Waals surface area contributed by atoms with E-state index in [-0.39, 0.29) is 5.91 Å². The third kappa shape index (κ3) is 5.29. The average Bonchev–Trinajstić information content (AvgIpc) is 3.22. The largest absolute Gasteiger partial charge is 0.496 e. The summed E-state index contributed by atoms with van der Waals surface area (Å²) in [6.45, 7) is 7.55. The van der Waals surface area contributed by atoms with E-state index in [1.807, 2.05) is 36.2 Å². The van der Waals surface area contributed by atoms with Gasteiger partial charge in [-0.25, -0.2) is 0 Å². The number of fused-ring (bicyclic) bond motifs is 1.